The monoisotopic (exact) mass is 395 g/mol. The number of anilines is 3. The second-order valence-corrected chi connectivity index (χ2v) is 7.38. The molecule has 1 saturated heterocycles. The number of hydrogen-bond acceptors (Lipinski definition) is 4. The molecule has 1 heterocycles. The summed E-state index contributed by atoms with van der Waals surface area (Å²) in [6.45, 7) is 8.75. The van der Waals surface area contributed by atoms with Crippen LogP contribution in [0.1, 0.15) is 24.5 Å². The zero-order valence-corrected chi connectivity index (χ0v) is 17.4. The zero-order valence-electron chi connectivity index (χ0n) is 17.4. The van der Waals surface area contributed by atoms with E-state index in [0.29, 0.717) is 19.8 Å². The van der Waals surface area contributed by atoms with Crippen LogP contribution in [0.3, 0.4) is 0 Å². The Labute approximate surface area is 172 Å². The third kappa shape index (κ3) is 5.35. The smallest absolute Gasteiger partial charge is 0.226 e. The Hall–Kier alpha value is -2.86. The Morgan fingerprint density at radius 1 is 1.10 bits per heavy atom. The van der Waals surface area contributed by atoms with E-state index in [4.69, 9.17) is 4.74 Å². The predicted octanol–water partition coefficient (Wildman–Crippen LogP) is 3.52. The fraction of sp³-hybridized carbons (Fsp3) is 0.391. The quantitative estimate of drug-likeness (QED) is 0.813. The molecule has 1 aliphatic heterocycles. The highest BCUT2D eigenvalue weighted by Gasteiger charge is 2.21. The third-order valence-electron chi connectivity index (χ3n) is 5.13. The molecular formula is C23H29N3O3. The highest BCUT2D eigenvalue weighted by Crippen LogP contribution is 2.30. The first-order valence-electron chi connectivity index (χ1n) is 10.0. The van der Waals surface area contributed by atoms with Gasteiger partial charge in [-0.15, -0.1) is 0 Å². The van der Waals surface area contributed by atoms with Gasteiger partial charge in [-0.05, 0) is 43.2 Å². The van der Waals surface area contributed by atoms with E-state index in [2.05, 4.69) is 10.2 Å². The summed E-state index contributed by atoms with van der Waals surface area (Å²) in [5, 5.41) is 2.97. The second kappa shape index (κ2) is 9.56. The predicted molar refractivity (Wildman–Crippen MR) is 117 cm³/mol. The normalized spacial score (nSPS) is 13.8. The summed E-state index contributed by atoms with van der Waals surface area (Å²) in [6.07, 6.45) is 0.227. The maximum absolute atomic E-state index is 12.5. The summed E-state index contributed by atoms with van der Waals surface area (Å²) >= 11 is 0. The van der Waals surface area contributed by atoms with Gasteiger partial charge in [-0.2, -0.15) is 0 Å². The van der Waals surface area contributed by atoms with Gasteiger partial charge in [0.2, 0.25) is 11.8 Å². The van der Waals surface area contributed by atoms with Crippen LogP contribution >= 0.6 is 0 Å². The third-order valence-corrected chi connectivity index (χ3v) is 5.13. The summed E-state index contributed by atoms with van der Waals surface area (Å²) in [7, 11) is 0. The Morgan fingerprint density at radius 2 is 1.83 bits per heavy atom. The minimum absolute atomic E-state index is 0.0785. The van der Waals surface area contributed by atoms with Gasteiger partial charge in [-0.1, -0.05) is 24.3 Å². The summed E-state index contributed by atoms with van der Waals surface area (Å²) in [5.41, 5.74) is 4.77. The molecule has 0 aromatic heterocycles. The van der Waals surface area contributed by atoms with Crippen LogP contribution in [-0.4, -0.2) is 44.7 Å². The molecule has 0 bridgehead atoms. The number of ether oxygens (including phenoxy) is 1. The van der Waals surface area contributed by atoms with Crippen LogP contribution in [0.5, 0.6) is 0 Å². The first-order chi connectivity index (χ1) is 14.0. The van der Waals surface area contributed by atoms with Crippen molar-refractivity contribution in [2.45, 2.75) is 27.2 Å². The molecule has 1 fully saturated rings. The molecule has 0 spiro atoms. The average Bonchev–Trinajstić information content (AvgIpc) is 2.71. The fourth-order valence-electron chi connectivity index (χ4n) is 3.51. The van der Waals surface area contributed by atoms with Crippen LogP contribution in [0.25, 0.3) is 0 Å². The van der Waals surface area contributed by atoms with Crippen LogP contribution in [-0.2, 0) is 14.3 Å². The van der Waals surface area contributed by atoms with Gasteiger partial charge < -0.3 is 19.9 Å². The maximum Gasteiger partial charge on any atom is 0.226 e. The van der Waals surface area contributed by atoms with Crippen LogP contribution in [0.4, 0.5) is 17.1 Å². The van der Waals surface area contributed by atoms with Crippen molar-refractivity contribution in [3.05, 3.63) is 53.6 Å². The molecule has 0 radical (unpaired) electrons. The number of carbonyl (C=O) groups excluding carboxylic acids is 2. The van der Waals surface area contributed by atoms with Crippen molar-refractivity contribution in [2.24, 2.45) is 0 Å². The highest BCUT2D eigenvalue weighted by atomic mass is 16.5. The van der Waals surface area contributed by atoms with Crippen LogP contribution in [0.2, 0.25) is 0 Å². The molecule has 1 aliphatic rings. The van der Waals surface area contributed by atoms with Crippen LogP contribution in [0.15, 0.2) is 42.5 Å². The molecule has 0 unspecified atom stereocenters. The van der Waals surface area contributed by atoms with Gasteiger partial charge >= 0.3 is 0 Å². The molecule has 3 rings (SSSR count). The first kappa shape index (κ1) is 20.9. The largest absolute Gasteiger partial charge is 0.378 e. The molecule has 154 valence electrons. The van der Waals surface area contributed by atoms with Crippen molar-refractivity contribution >= 4 is 28.9 Å². The van der Waals surface area contributed by atoms with E-state index in [1.165, 1.54) is 0 Å². The number of nitrogens with zero attached hydrogens (tertiary/aromatic N) is 2. The maximum atomic E-state index is 12.5. The van der Waals surface area contributed by atoms with Crippen molar-refractivity contribution in [3.8, 4) is 0 Å². The summed E-state index contributed by atoms with van der Waals surface area (Å²) < 4.78 is 5.45. The highest BCUT2D eigenvalue weighted by molar-refractivity contribution is 5.97. The van der Waals surface area contributed by atoms with E-state index >= 15 is 0 Å². The van der Waals surface area contributed by atoms with Gasteiger partial charge in [0.1, 0.15) is 0 Å². The van der Waals surface area contributed by atoms with E-state index in [0.717, 1.165) is 41.3 Å². The van der Waals surface area contributed by atoms with Gasteiger partial charge in [0, 0.05) is 38.7 Å². The van der Waals surface area contributed by atoms with Gasteiger partial charge in [-0.25, -0.2) is 0 Å². The van der Waals surface area contributed by atoms with Crippen molar-refractivity contribution in [1.29, 1.82) is 0 Å². The minimum atomic E-state index is -0.103. The number of rotatable bonds is 6. The summed E-state index contributed by atoms with van der Waals surface area (Å²) in [4.78, 5) is 28.9. The molecule has 2 amide bonds. The van der Waals surface area contributed by atoms with Crippen molar-refractivity contribution in [2.75, 3.05) is 48.0 Å². The molecule has 0 aliphatic carbocycles. The first-order valence-corrected chi connectivity index (χ1v) is 10.0. The molecule has 29 heavy (non-hydrogen) atoms. The van der Waals surface area contributed by atoms with E-state index in [-0.39, 0.29) is 18.2 Å². The number of hydrogen-bond donors (Lipinski definition) is 1. The number of morpholine rings is 1. The molecule has 2 aromatic rings. The Morgan fingerprint density at radius 3 is 2.55 bits per heavy atom. The fourth-order valence-corrected chi connectivity index (χ4v) is 3.51. The molecule has 2 aromatic carbocycles. The lowest BCUT2D eigenvalue weighted by Crippen LogP contribution is -2.39. The van der Waals surface area contributed by atoms with Crippen molar-refractivity contribution < 1.29 is 14.3 Å². The number of benzene rings is 2. The molecule has 0 atom stereocenters. The SMILES string of the molecule is CC(=O)N(CCC(=O)Nc1cc(C)ccc1C)c1ccccc1N1CCOCC1. The lowest BCUT2D eigenvalue weighted by molar-refractivity contribution is -0.117. The number of nitrogens with one attached hydrogen (secondary N) is 1. The molecule has 6 nitrogen and oxygen atoms in total. The molecule has 1 N–H and O–H groups in total. The second-order valence-electron chi connectivity index (χ2n) is 7.38. The molecule has 6 heteroatoms. The zero-order chi connectivity index (χ0) is 20.8. The number of aryl methyl sites for hydroxylation is 2. The minimum Gasteiger partial charge on any atom is -0.378 e. The van der Waals surface area contributed by atoms with Gasteiger partial charge in [0.05, 0.1) is 24.6 Å². The summed E-state index contributed by atoms with van der Waals surface area (Å²) in [5.74, 6) is -0.181. The lowest BCUT2D eigenvalue weighted by atomic mass is 10.1. The van der Waals surface area contributed by atoms with Crippen molar-refractivity contribution in [1.82, 2.24) is 0 Å². The van der Waals surface area contributed by atoms with E-state index in [1.807, 2.05) is 56.3 Å². The average molecular weight is 396 g/mol. The number of amides is 2. The number of carbonyl (C=O) groups is 2. The van der Waals surface area contributed by atoms with Gasteiger partial charge in [0.15, 0.2) is 0 Å². The summed E-state index contributed by atoms with van der Waals surface area (Å²) in [6, 6.07) is 13.8. The lowest BCUT2D eigenvalue weighted by Gasteiger charge is -2.33. The van der Waals surface area contributed by atoms with Gasteiger partial charge in [0.25, 0.3) is 0 Å². The molecular weight excluding hydrogens is 366 g/mol. The Balaban J connectivity index is 1.72. The van der Waals surface area contributed by atoms with Crippen LogP contribution < -0.4 is 15.1 Å². The standard InChI is InChI=1S/C23H29N3O3/c1-17-8-9-18(2)20(16-17)24-23(28)10-11-26(19(3)27)22-7-5-4-6-21(22)25-12-14-29-15-13-25/h4-9,16H,10-15H2,1-3H3,(H,24,28). The van der Waals surface area contributed by atoms with E-state index in [9.17, 15) is 9.59 Å². The van der Waals surface area contributed by atoms with Crippen LogP contribution in [0, 0.1) is 13.8 Å². The Kier molecular flexibility index (Phi) is 6.88. The van der Waals surface area contributed by atoms with E-state index < -0.39 is 0 Å². The van der Waals surface area contributed by atoms with E-state index in [1.54, 1.807) is 11.8 Å². The van der Waals surface area contributed by atoms with Gasteiger partial charge in [-0.3, -0.25) is 9.59 Å². The Bertz CT molecular complexity index is 875. The number of para-hydroxylation sites is 2. The van der Waals surface area contributed by atoms with Crippen molar-refractivity contribution in [3.63, 3.8) is 0 Å². The molecule has 0 saturated carbocycles. The topological polar surface area (TPSA) is 61.9 Å².